The summed E-state index contributed by atoms with van der Waals surface area (Å²) < 4.78 is 0.559. The molecule has 1 aliphatic heterocycles. The van der Waals surface area contributed by atoms with Gasteiger partial charge in [-0.15, -0.1) is 20.4 Å². The number of nitriles is 1. The van der Waals surface area contributed by atoms with E-state index in [4.69, 9.17) is 5.73 Å². The summed E-state index contributed by atoms with van der Waals surface area (Å²) in [5.41, 5.74) is 9.93. The summed E-state index contributed by atoms with van der Waals surface area (Å²) in [6.45, 7) is 7.89. The first-order valence-corrected chi connectivity index (χ1v) is 14.8. The van der Waals surface area contributed by atoms with Gasteiger partial charge in [-0.3, -0.25) is 19.8 Å². The predicted octanol–water partition coefficient (Wildman–Crippen LogP) is 4.68. The second-order valence-corrected chi connectivity index (χ2v) is 13.6. The van der Waals surface area contributed by atoms with E-state index in [9.17, 15) is 14.9 Å². The molecule has 1 amide bonds. The van der Waals surface area contributed by atoms with Crippen molar-refractivity contribution in [3.63, 3.8) is 0 Å². The lowest BCUT2D eigenvalue weighted by atomic mass is 9.68. The summed E-state index contributed by atoms with van der Waals surface area (Å²) in [7, 11) is 0. The summed E-state index contributed by atoms with van der Waals surface area (Å²) >= 11 is 3.79. The molecule has 1 atom stereocenters. The van der Waals surface area contributed by atoms with Crippen LogP contribution in [0.2, 0.25) is 0 Å². The lowest BCUT2D eigenvalue weighted by Crippen LogP contribution is -2.42. The molecular weight excluding hydrogens is 553 g/mol. The lowest BCUT2D eigenvalue weighted by molar-refractivity contribution is -0.118. The van der Waals surface area contributed by atoms with Crippen LogP contribution in [0, 0.1) is 30.6 Å². The second kappa shape index (κ2) is 10.5. The molecule has 1 unspecified atom stereocenters. The number of nitrogens with zero attached hydrogens (tertiary/aromatic N) is 6. The molecule has 5 rings (SSSR count). The normalized spacial score (nSPS) is 18.7. The van der Waals surface area contributed by atoms with Crippen LogP contribution in [-0.2, 0) is 9.59 Å². The molecule has 200 valence electrons. The molecular formula is C26H26N8O2S3. The zero-order valence-corrected chi connectivity index (χ0v) is 24.3. The van der Waals surface area contributed by atoms with Crippen LogP contribution in [0.25, 0.3) is 0 Å². The molecule has 0 bridgehead atoms. The number of thioether (sulfide) groups is 1. The molecule has 3 heterocycles. The molecule has 0 saturated carbocycles. The van der Waals surface area contributed by atoms with Crippen molar-refractivity contribution in [2.75, 3.05) is 16.0 Å². The molecule has 2 aliphatic rings. The van der Waals surface area contributed by atoms with E-state index in [1.165, 1.54) is 34.4 Å². The number of amides is 1. The minimum Gasteiger partial charge on any atom is -0.384 e. The molecule has 39 heavy (non-hydrogen) atoms. The molecule has 2 aromatic heterocycles. The van der Waals surface area contributed by atoms with E-state index in [2.05, 4.69) is 31.8 Å². The molecule has 0 spiro atoms. The highest BCUT2D eigenvalue weighted by Gasteiger charge is 2.45. The van der Waals surface area contributed by atoms with E-state index in [1.54, 1.807) is 4.90 Å². The summed E-state index contributed by atoms with van der Waals surface area (Å²) in [6.07, 6.45) is 0.961. The number of carbonyl (C=O) groups excluding carboxylic acids is 2. The Bertz CT molecular complexity index is 1580. The maximum absolute atomic E-state index is 13.6. The van der Waals surface area contributed by atoms with Crippen LogP contribution in [0.5, 0.6) is 0 Å². The smallest absolute Gasteiger partial charge is 0.236 e. The van der Waals surface area contributed by atoms with Crippen LogP contribution >= 0.6 is 34.4 Å². The maximum atomic E-state index is 13.6. The Balaban J connectivity index is 1.48. The second-order valence-electron chi connectivity index (χ2n) is 10.2. The maximum Gasteiger partial charge on any atom is 0.236 e. The van der Waals surface area contributed by atoms with E-state index in [1.807, 2.05) is 52.0 Å². The Morgan fingerprint density at radius 1 is 1.23 bits per heavy atom. The summed E-state index contributed by atoms with van der Waals surface area (Å²) in [6, 6.07) is 10.1. The van der Waals surface area contributed by atoms with E-state index in [0.717, 1.165) is 21.8 Å². The van der Waals surface area contributed by atoms with Gasteiger partial charge >= 0.3 is 0 Å². The van der Waals surface area contributed by atoms with Crippen molar-refractivity contribution in [1.29, 1.82) is 5.26 Å². The first-order chi connectivity index (χ1) is 18.6. The SMILES string of the molecule is Cc1cccc(C2C(C#N)=C(N)N(c3nnc(SCC(=O)Nc4nnc(C)s4)s3)C3=C2C(=O)CC(C)(C)C3)c1. The van der Waals surface area contributed by atoms with Crippen molar-refractivity contribution in [1.82, 2.24) is 20.4 Å². The van der Waals surface area contributed by atoms with Crippen molar-refractivity contribution in [2.45, 2.75) is 50.8 Å². The van der Waals surface area contributed by atoms with E-state index < -0.39 is 5.92 Å². The van der Waals surface area contributed by atoms with Crippen molar-refractivity contribution >= 4 is 56.4 Å². The van der Waals surface area contributed by atoms with Crippen LogP contribution in [0.1, 0.15) is 48.7 Å². The van der Waals surface area contributed by atoms with Crippen LogP contribution < -0.4 is 16.0 Å². The number of rotatable bonds is 6. The quantitative estimate of drug-likeness (QED) is 0.395. The first kappa shape index (κ1) is 27.0. The van der Waals surface area contributed by atoms with Gasteiger partial charge in [-0.05, 0) is 31.2 Å². The topological polar surface area (TPSA) is 151 Å². The van der Waals surface area contributed by atoms with E-state index in [-0.39, 0.29) is 28.7 Å². The number of allylic oxidation sites excluding steroid dienone is 3. The number of hydrogen-bond donors (Lipinski definition) is 2. The van der Waals surface area contributed by atoms with E-state index in [0.29, 0.717) is 38.6 Å². The standard InChI is InChI=1S/C26H26N8O2S3/c1-13-6-5-7-15(8-13)20-16(11-27)22(28)34(17-9-26(3,4)10-18(35)21(17)20)24-32-33-25(39-24)37-12-19(36)29-23-31-30-14(2)38-23/h5-8,20H,9-10,12,28H2,1-4H3,(H,29,31,36). The number of hydrogen-bond acceptors (Lipinski definition) is 12. The highest BCUT2D eigenvalue weighted by molar-refractivity contribution is 8.01. The summed E-state index contributed by atoms with van der Waals surface area (Å²) in [5.74, 6) is -0.426. The van der Waals surface area contributed by atoms with Crippen LogP contribution in [0.4, 0.5) is 10.3 Å². The molecule has 13 heteroatoms. The number of aromatic nitrogens is 4. The van der Waals surface area contributed by atoms with Gasteiger partial charge in [0.05, 0.1) is 23.3 Å². The molecule has 1 aromatic carbocycles. The minimum atomic E-state index is -0.542. The fourth-order valence-electron chi connectivity index (χ4n) is 4.89. The predicted molar refractivity (Wildman–Crippen MR) is 152 cm³/mol. The monoisotopic (exact) mass is 578 g/mol. The van der Waals surface area contributed by atoms with Gasteiger partial charge in [-0.1, -0.05) is 78.1 Å². The summed E-state index contributed by atoms with van der Waals surface area (Å²) in [5, 5.41) is 31.0. The Labute approximate surface area is 238 Å². The third kappa shape index (κ3) is 5.45. The fraction of sp³-hybridized carbons (Fsp3) is 0.346. The number of carbonyl (C=O) groups is 2. The molecule has 0 fully saturated rings. The molecule has 1 aliphatic carbocycles. The molecule has 0 saturated heterocycles. The van der Waals surface area contributed by atoms with E-state index >= 15 is 0 Å². The Morgan fingerprint density at radius 2 is 2.03 bits per heavy atom. The summed E-state index contributed by atoms with van der Waals surface area (Å²) in [4.78, 5) is 27.7. The van der Waals surface area contributed by atoms with Crippen LogP contribution in [0.3, 0.4) is 0 Å². The zero-order valence-electron chi connectivity index (χ0n) is 21.8. The number of nitrogens with two attached hydrogens (primary N) is 1. The van der Waals surface area contributed by atoms with Crippen LogP contribution in [-0.4, -0.2) is 37.8 Å². The average molecular weight is 579 g/mol. The Hall–Kier alpha value is -3.60. The van der Waals surface area contributed by atoms with Gasteiger partial charge in [0.15, 0.2) is 10.1 Å². The van der Waals surface area contributed by atoms with Gasteiger partial charge in [0.1, 0.15) is 10.8 Å². The third-order valence-corrected chi connectivity index (χ3v) is 9.24. The van der Waals surface area contributed by atoms with Gasteiger partial charge in [0, 0.05) is 17.7 Å². The largest absolute Gasteiger partial charge is 0.384 e. The molecule has 3 N–H and O–H groups in total. The number of aryl methyl sites for hydroxylation is 2. The highest BCUT2D eigenvalue weighted by atomic mass is 32.2. The van der Waals surface area contributed by atoms with Gasteiger partial charge in [0.2, 0.25) is 16.2 Å². The zero-order chi connectivity index (χ0) is 27.9. The number of benzene rings is 1. The number of anilines is 2. The van der Waals surface area contributed by atoms with Gasteiger partial charge < -0.3 is 5.73 Å². The number of Topliss-reactive ketones (excluding diaryl/α,β-unsaturated/α-hetero) is 1. The van der Waals surface area contributed by atoms with Crippen LogP contribution in [0.15, 0.2) is 51.3 Å². The van der Waals surface area contributed by atoms with Crippen molar-refractivity contribution in [3.05, 3.63) is 63.1 Å². The van der Waals surface area contributed by atoms with Gasteiger partial charge in [-0.25, -0.2) is 0 Å². The average Bonchev–Trinajstić information content (AvgIpc) is 3.50. The van der Waals surface area contributed by atoms with Gasteiger partial charge in [-0.2, -0.15) is 5.26 Å². The number of ketones is 1. The molecule has 0 radical (unpaired) electrons. The fourth-order valence-corrected chi connectivity index (χ4v) is 7.18. The number of nitrogens with one attached hydrogen (secondary N) is 1. The van der Waals surface area contributed by atoms with Crippen molar-refractivity contribution < 1.29 is 9.59 Å². The van der Waals surface area contributed by atoms with Gasteiger partial charge in [0.25, 0.3) is 0 Å². The Kier molecular flexibility index (Phi) is 7.28. The lowest BCUT2D eigenvalue weighted by Gasteiger charge is -2.42. The van der Waals surface area contributed by atoms with Crippen molar-refractivity contribution in [3.8, 4) is 6.07 Å². The van der Waals surface area contributed by atoms with Crippen molar-refractivity contribution in [2.24, 2.45) is 11.1 Å². The molecule has 3 aromatic rings. The third-order valence-electron chi connectivity index (χ3n) is 6.44. The Morgan fingerprint density at radius 3 is 2.72 bits per heavy atom. The highest BCUT2D eigenvalue weighted by Crippen LogP contribution is 2.50. The first-order valence-electron chi connectivity index (χ1n) is 12.2. The minimum absolute atomic E-state index is 0.000652. The molecule has 10 nitrogen and oxygen atoms in total.